The molecule has 0 saturated heterocycles. The Morgan fingerprint density at radius 2 is 1.73 bits per heavy atom. The number of aromatic nitrogens is 2. The van der Waals surface area contributed by atoms with E-state index in [-0.39, 0.29) is 0 Å². The van der Waals surface area contributed by atoms with Gasteiger partial charge in [-0.3, -0.25) is 4.98 Å². The molecule has 0 aliphatic heterocycles. The summed E-state index contributed by atoms with van der Waals surface area (Å²) in [5, 5.41) is 3.27. The van der Waals surface area contributed by atoms with Crippen LogP contribution in [0.5, 0.6) is 0 Å². The number of rotatable bonds is 2. The third kappa shape index (κ3) is 2.72. The normalized spacial score (nSPS) is 11.7. The van der Waals surface area contributed by atoms with Gasteiger partial charge in [-0.1, -0.05) is 42.0 Å². The maximum atomic E-state index is 6.17. The molecule has 0 radical (unpaired) electrons. The molecule has 3 nitrogen and oxygen atoms in total. The summed E-state index contributed by atoms with van der Waals surface area (Å²) in [5.41, 5.74) is 6.89. The molecule has 2 aromatic carbocycles. The molecule has 0 atom stereocenters. The summed E-state index contributed by atoms with van der Waals surface area (Å²) in [6.45, 7) is 4.09. The van der Waals surface area contributed by atoms with Crippen LogP contribution in [0.15, 0.2) is 77.3 Å². The summed E-state index contributed by atoms with van der Waals surface area (Å²) in [6.07, 6.45) is 1.96. The summed E-state index contributed by atoms with van der Waals surface area (Å²) in [4.78, 5) is 10.6. The third-order valence-corrected chi connectivity index (χ3v) is 6.66. The number of hydrogen-bond acceptors (Lipinski definition) is 4. The van der Waals surface area contributed by atoms with Crippen molar-refractivity contribution in [2.45, 2.75) is 13.8 Å². The highest BCUT2D eigenvalue weighted by molar-refractivity contribution is 7.22. The zero-order valence-corrected chi connectivity index (χ0v) is 17.5. The number of furan rings is 1. The number of hydrogen-bond donors (Lipinski definition) is 0. The Bertz CT molecular complexity index is 1560. The average Bonchev–Trinajstić information content (AvgIpc) is 3.34. The molecule has 0 aliphatic carbocycles. The molecule has 0 spiro atoms. The summed E-state index contributed by atoms with van der Waals surface area (Å²) in [5.74, 6) is 0. The zero-order chi connectivity index (χ0) is 20.2. The van der Waals surface area contributed by atoms with Gasteiger partial charge in [-0.05, 0) is 49.7 Å². The molecule has 0 saturated carbocycles. The van der Waals surface area contributed by atoms with Crippen LogP contribution in [0.2, 0.25) is 0 Å². The van der Waals surface area contributed by atoms with E-state index in [2.05, 4.69) is 72.6 Å². The van der Waals surface area contributed by atoms with Gasteiger partial charge >= 0.3 is 0 Å². The molecule has 0 N–H and O–H groups in total. The molecule has 4 heterocycles. The van der Waals surface area contributed by atoms with Gasteiger partial charge in [-0.15, -0.1) is 11.3 Å². The Balaban J connectivity index is 1.51. The summed E-state index contributed by atoms with van der Waals surface area (Å²) in [7, 11) is 0. The molecule has 6 rings (SSSR count). The van der Waals surface area contributed by atoms with Crippen molar-refractivity contribution in [2.24, 2.45) is 0 Å². The van der Waals surface area contributed by atoms with Crippen molar-refractivity contribution >= 4 is 43.5 Å². The van der Waals surface area contributed by atoms with Crippen LogP contribution < -0.4 is 0 Å². The lowest BCUT2D eigenvalue weighted by Gasteiger charge is -2.02. The number of pyridine rings is 2. The molecule has 0 unspecified atom stereocenters. The van der Waals surface area contributed by atoms with Crippen molar-refractivity contribution in [3.05, 3.63) is 84.2 Å². The van der Waals surface area contributed by atoms with E-state index in [1.807, 2.05) is 19.2 Å². The van der Waals surface area contributed by atoms with Crippen molar-refractivity contribution < 1.29 is 4.42 Å². The van der Waals surface area contributed by atoms with Gasteiger partial charge in [0.25, 0.3) is 0 Å². The molecule has 144 valence electrons. The summed E-state index contributed by atoms with van der Waals surface area (Å²) < 4.78 is 7.39. The topological polar surface area (TPSA) is 38.9 Å². The summed E-state index contributed by atoms with van der Waals surface area (Å²) in [6, 6.07) is 23.4. The number of benzene rings is 2. The Hall–Kier alpha value is -3.50. The number of nitrogens with zero attached hydrogens (tertiary/aromatic N) is 2. The SMILES string of the molecule is Cc1ccc(-c2cc3cnc(-c4cccc5c4oc4nc(C)ccc45)cc3s2)cc1. The Kier molecular flexibility index (Phi) is 3.77. The largest absolute Gasteiger partial charge is 0.437 e. The van der Waals surface area contributed by atoms with E-state index in [1.54, 1.807) is 11.3 Å². The van der Waals surface area contributed by atoms with Crippen molar-refractivity contribution in [2.75, 3.05) is 0 Å². The maximum Gasteiger partial charge on any atom is 0.227 e. The molecular formula is C26H18N2OS. The van der Waals surface area contributed by atoms with Gasteiger partial charge < -0.3 is 4.42 Å². The highest BCUT2D eigenvalue weighted by atomic mass is 32.1. The minimum atomic E-state index is 0.677. The second-order valence-electron chi connectivity index (χ2n) is 7.67. The van der Waals surface area contributed by atoms with Crippen molar-refractivity contribution in [1.82, 2.24) is 9.97 Å². The molecule has 0 bridgehead atoms. The minimum Gasteiger partial charge on any atom is -0.437 e. The number of fused-ring (bicyclic) bond motifs is 4. The van der Waals surface area contributed by atoms with E-state index >= 15 is 0 Å². The molecule has 0 aliphatic rings. The standard InChI is InChI=1S/C26H18N2OS/c1-15-6-9-17(10-7-15)23-12-18-14-27-22(13-24(18)30-23)21-5-3-4-19-20-11-8-16(2)28-26(20)29-25(19)21/h3-14H,1-2H3. The lowest BCUT2D eigenvalue weighted by atomic mass is 10.1. The Morgan fingerprint density at radius 1 is 0.867 bits per heavy atom. The number of aryl methyl sites for hydroxylation is 2. The maximum absolute atomic E-state index is 6.17. The first-order valence-corrected chi connectivity index (χ1v) is 10.7. The van der Waals surface area contributed by atoms with Crippen LogP contribution in [-0.2, 0) is 0 Å². The van der Waals surface area contributed by atoms with Crippen molar-refractivity contribution in [3.63, 3.8) is 0 Å². The highest BCUT2D eigenvalue weighted by Crippen LogP contribution is 2.38. The van der Waals surface area contributed by atoms with Gasteiger partial charge in [-0.2, -0.15) is 0 Å². The predicted molar refractivity (Wildman–Crippen MR) is 125 cm³/mol. The van der Waals surface area contributed by atoms with Crippen molar-refractivity contribution in [3.8, 4) is 21.7 Å². The first-order valence-electron chi connectivity index (χ1n) is 9.91. The van der Waals surface area contributed by atoms with E-state index in [9.17, 15) is 0 Å². The van der Waals surface area contributed by atoms with Gasteiger partial charge in [0.1, 0.15) is 5.58 Å². The first kappa shape index (κ1) is 17.4. The van der Waals surface area contributed by atoms with E-state index in [4.69, 9.17) is 9.40 Å². The van der Waals surface area contributed by atoms with Crippen LogP contribution in [0.1, 0.15) is 11.3 Å². The lowest BCUT2D eigenvalue weighted by Crippen LogP contribution is -1.83. The molecule has 0 fully saturated rings. The Morgan fingerprint density at radius 3 is 2.60 bits per heavy atom. The zero-order valence-electron chi connectivity index (χ0n) is 16.6. The Labute approximate surface area is 177 Å². The molecule has 4 aromatic heterocycles. The monoisotopic (exact) mass is 406 g/mol. The molecule has 6 aromatic rings. The fourth-order valence-corrected chi connectivity index (χ4v) is 4.99. The predicted octanol–water partition coefficient (Wildman–Crippen LogP) is 7.54. The molecule has 0 amide bonds. The van der Waals surface area contributed by atoms with Crippen LogP contribution in [-0.4, -0.2) is 9.97 Å². The second kappa shape index (κ2) is 6.51. The highest BCUT2D eigenvalue weighted by Gasteiger charge is 2.15. The first-order chi connectivity index (χ1) is 14.7. The molecule has 4 heteroatoms. The lowest BCUT2D eigenvalue weighted by molar-refractivity contribution is 0.653. The van der Waals surface area contributed by atoms with Gasteiger partial charge in [0.2, 0.25) is 5.71 Å². The van der Waals surface area contributed by atoms with Crippen LogP contribution in [0.25, 0.3) is 53.9 Å². The third-order valence-electron chi connectivity index (χ3n) is 5.52. The quantitative estimate of drug-likeness (QED) is 0.298. The second-order valence-corrected chi connectivity index (χ2v) is 8.76. The summed E-state index contributed by atoms with van der Waals surface area (Å²) >= 11 is 1.79. The van der Waals surface area contributed by atoms with E-state index in [1.165, 1.54) is 20.7 Å². The minimum absolute atomic E-state index is 0.677. The fourth-order valence-electron chi connectivity index (χ4n) is 3.91. The molecular weight excluding hydrogens is 388 g/mol. The van der Waals surface area contributed by atoms with Crippen LogP contribution >= 0.6 is 11.3 Å². The van der Waals surface area contributed by atoms with Crippen LogP contribution in [0.4, 0.5) is 0 Å². The fraction of sp³-hybridized carbons (Fsp3) is 0.0769. The van der Waals surface area contributed by atoms with Crippen molar-refractivity contribution in [1.29, 1.82) is 0 Å². The van der Waals surface area contributed by atoms with Crippen LogP contribution in [0, 0.1) is 13.8 Å². The van der Waals surface area contributed by atoms with E-state index < -0.39 is 0 Å². The smallest absolute Gasteiger partial charge is 0.227 e. The number of para-hydroxylation sites is 1. The van der Waals surface area contributed by atoms with Gasteiger partial charge in [0.05, 0.1) is 5.69 Å². The van der Waals surface area contributed by atoms with E-state index in [0.717, 1.165) is 38.7 Å². The van der Waals surface area contributed by atoms with Gasteiger partial charge in [0, 0.05) is 43.2 Å². The molecule has 30 heavy (non-hydrogen) atoms. The number of thiophene rings is 1. The average molecular weight is 407 g/mol. The van der Waals surface area contributed by atoms with Gasteiger partial charge in [0.15, 0.2) is 0 Å². The van der Waals surface area contributed by atoms with E-state index in [0.29, 0.717) is 5.71 Å². The van der Waals surface area contributed by atoms with Crippen LogP contribution in [0.3, 0.4) is 0 Å². The van der Waals surface area contributed by atoms with Gasteiger partial charge in [-0.25, -0.2) is 4.98 Å².